The zero-order valence-corrected chi connectivity index (χ0v) is 37.2. The van der Waals surface area contributed by atoms with Crippen molar-refractivity contribution in [1.82, 2.24) is 14.5 Å². The topological polar surface area (TPSA) is 50.9 Å². The van der Waals surface area contributed by atoms with Gasteiger partial charge in [0.25, 0.3) is 0 Å². The molecule has 2 aromatic heterocycles. The summed E-state index contributed by atoms with van der Waals surface area (Å²) in [5.74, 6) is -0.225. The van der Waals surface area contributed by atoms with Gasteiger partial charge >= 0.3 is 0 Å². The van der Waals surface area contributed by atoms with Crippen molar-refractivity contribution >= 4 is 11.0 Å². The first-order chi connectivity index (χ1) is 31.7. The van der Waals surface area contributed by atoms with Crippen LogP contribution in [0.2, 0.25) is 0 Å². The van der Waals surface area contributed by atoms with Crippen LogP contribution in [0.25, 0.3) is 72.7 Å². The van der Waals surface area contributed by atoms with Gasteiger partial charge in [-0.05, 0) is 92.9 Å². The fourth-order valence-electron chi connectivity index (χ4n) is 7.66. The Kier molecular flexibility index (Phi) is 8.66. The van der Waals surface area contributed by atoms with E-state index in [0.29, 0.717) is 22.3 Å². The predicted octanol–water partition coefficient (Wildman–Crippen LogP) is 14.5. The molecule has 0 saturated carbocycles. The number of phenolic OH excluding ortho intramolecular Hbond substituents is 1. The molecular weight excluding hydrogens is 914 g/mol. The van der Waals surface area contributed by atoms with Crippen molar-refractivity contribution in [2.75, 3.05) is 0 Å². The monoisotopic (exact) mass is 976 g/mol. The number of aromatic hydroxyl groups is 1. The quantitative estimate of drug-likeness (QED) is 0.169. The summed E-state index contributed by atoms with van der Waals surface area (Å²) in [5.41, 5.74) is 7.40. The molecular formula is C55H54N3OPt-. The molecule has 6 aromatic carbocycles. The standard InChI is InChI=1S/C55H54N3O.Pt/c1-35-19-21-36(22-20-35)38-27-28-56-48(32-38)40-29-39(30-42(31-40)54(5,6)7)45-17-14-18-49-51(45)57-52(46-33-41(53(2,3)4)23-26-50(46)59)58(49)43-24-25-44(37-15-12-11-13-16-37)47(34-43)55(8,9)10;/h11-28,30-34,59H,1-10H3;/q-1;/i2D3,3D3,4D3;. The number of phenols is 1. The summed E-state index contributed by atoms with van der Waals surface area (Å²) in [6, 6.07) is 45.5. The van der Waals surface area contributed by atoms with Crippen LogP contribution in [0.4, 0.5) is 0 Å². The van der Waals surface area contributed by atoms with E-state index >= 15 is 0 Å². The summed E-state index contributed by atoms with van der Waals surface area (Å²) >= 11 is 0. The van der Waals surface area contributed by atoms with Crippen molar-refractivity contribution in [1.29, 1.82) is 0 Å². The van der Waals surface area contributed by atoms with Gasteiger partial charge in [-0.25, -0.2) is 4.98 Å². The molecule has 0 bridgehead atoms. The van der Waals surface area contributed by atoms with Crippen molar-refractivity contribution < 1.29 is 38.5 Å². The number of hydrogen-bond donors (Lipinski definition) is 1. The molecule has 0 atom stereocenters. The Morgan fingerprint density at radius 3 is 2.03 bits per heavy atom. The maximum absolute atomic E-state index is 11.8. The van der Waals surface area contributed by atoms with Gasteiger partial charge in [0.05, 0.1) is 16.6 Å². The smallest absolute Gasteiger partial charge is 0.148 e. The number of aromatic nitrogens is 3. The second kappa shape index (κ2) is 16.1. The number of para-hydroxylation sites is 1. The van der Waals surface area contributed by atoms with Crippen LogP contribution in [0, 0.1) is 13.0 Å². The van der Waals surface area contributed by atoms with Crippen LogP contribution in [-0.4, -0.2) is 19.6 Å². The molecule has 2 heterocycles. The number of rotatable bonds is 6. The van der Waals surface area contributed by atoms with Crippen molar-refractivity contribution in [3.63, 3.8) is 0 Å². The van der Waals surface area contributed by atoms with E-state index in [1.807, 2.05) is 59.2 Å². The molecule has 0 radical (unpaired) electrons. The van der Waals surface area contributed by atoms with Crippen LogP contribution < -0.4 is 0 Å². The van der Waals surface area contributed by atoms with E-state index in [2.05, 4.69) is 115 Å². The molecule has 0 fully saturated rings. The predicted molar refractivity (Wildman–Crippen MR) is 247 cm³/mol. The van der Waals surface area contributed by atoms with E-state index in [0.717, 1.165) is 74.0 Å². The van der Waals surface area contributed by atoms with Gasteiger partial charge in [0.15, 0.2) is 0 Å². The van der Waals surface area contributed by atoms with E-state index in [4.69, 9.17) is 22.3 Å². The summed E-state index contributed by atoms with van der Waals surface area (Å²) in [6.07, 6.45) is 1.80. The molecule has 0 spiro atoms. The van der Waals surface area contributed by atoms with Gasteiger partial charge in [-0.2, -0.15) is 0 Å². The maximum atomic E-state index is 11.8. The maximum Gasteiger partial charge on any atom is 0.148 e. The first-order valence-electron chi connectivity index (χ1n) is 24.4. The van der Waals surface area contributed by atoms with Crippen molar-refractivity contribution in [3.05, 3.63) is 168 Å². The third kappa shape index (κ3) is 8.41. The van der Waals surface area contributed by atoms with Crippen molar-refractivity contribution in [3.8, 4) is 67.5 Å². The second-order valence-corrected chi connectivity index (χ2v) is 17.5. The number of nitrogens with zero attached hydrogens (tertiary/aromatic N) is 3. The number of pyridine rings is 1. The van der Waals surface area contributed by atoms with Crippen molar-refractivity contribution in [2.24, 2.45) is 0 Å². The Morgan fingerprint density at radius 1 is 0.600 bits per heavy atom. The zero-order valence-electron chi connectivity index (χ0n) is 43.9. The van der Waals surface area contributed by atoms with Gasteiger partial charge in [0, 0.05) is 51.0 Å². The molecule has 0 amide bonds. The molecule has 0 unspecified atom stereocenters. The Balaban J connectivity index is 0.00000703. The second-order valence-electron chi connectivity index (χ2n) is 17.5. The van der Waals surface area contributed by atoms with Gasteiger partial charge in [-0.1, -0.05) is 164 Å². The first-order valence-corrected chi connectivity index (χ1v) is 19.9. The molecule has 8 aromatic rings. The number of imidazole rings is 1. The Hall–Kier alpha value is -5.57. The van der Waals surface area contributed by atoms with Crippen LogP contribution in [0.3, 0.4) is 0 Å². The minimum Gasteiger partial charge on any atom is -0.507 e. The van der Waals surface area contributed by atoms with Gasteiger partial charge in [0.1, 0.15) is 11.6 Å². The number of aryl methyl sites for hydroxylation is 1. The fourth-order valence-corrected chi connectivity index (χ4v) is 7.66. The minimum atomic E-state index is -3.53. The van der Waals surface area contributed by atoms with Crippen LogP contribution in [0.5, 0.6) is 5.75 Å². The molecule has 306 valence electrons. The number of fused-ring (bicyclic) bond motifs is 1. The molecule has 8 rings (SSSR count). The van der Waals surface area contributed by atoms with Crippen molar-refractivity contribution in [2.45, 2.75) is 85.3 Å². The van der Waals surface area contributed by atoms with Gasteiger partial charge < -0.3 is 5.11 Å². The molecule has 4 nitrogen and oxygen atoms in total. The molecule has 0 saturated heterocycles. The fraction of sp³-hybridized carbons (Fsp3) is 0.236. The molecule has 0 aliphatic rings. The normalized spacial score (nSPS) is 14.9. The summed E-state index contributed by atoms with van der Waals surface area (Å²) in [4.78, 5) is 10.1. The molecule has 60 heavy (non-hydrogen) atoms. The van der Waals surface area contributed by atoms with Crippen LogP contribution in [0.15, 0.2) is 140 Å². The summed E-state index contributed by atoms with van der Waals surface area (Å²) < 4.78 is 78.4. The molecule has 1 N–H and O–H groups in total. The SMILES string of the molecule is [2H]C([2H])([2H])C(c1ccc(O)c(-c2nc3c(-c4[c-]c(-c5cc(-c6ccc(C)cc6)ccn5)cc(C(C)(C)C)c4)cccc3n2-c2ccc(-c3ccccc3)c(C(C)(C)C)c2)c1)(C([2H])([2H])[2H])C([2H])([2H])[2H].[Pt]. The van der Waals surface area contributed by atoms with E-state index in [1.54, 1.807) is 6.20 Å². The molecule has 5 heteroatoms. The van der Waals surface area contributed by atoms with E-state index in [-0.39, 0.29) is 49.0 Å². The zero-order chi connectivity index (χ0) is 49.4. The van der Waals surface area contributed by atoms with Crippen LogP contribution in [0.1, 0.15) is 96.7 Å². The third-order valence-electron chi connectivity index (χ3n) is 11.0. The minimum absolute atomic E-state index is 0. The van der Waals surface area contributed by atoms with Crippen LogP contribution >= 0.6 is 0 Å². The van der Waals surface area contributed by atoms with E-state index in [9.17, 15) is 5.11 Å². The Morgan fingerprint density at radius 2 is 1.33 bits per heavy atom. The van der Waals surface area contributed by atoms with E-state index < -0.39 is 31.5 Å². The number of benzene rings is 6. The van der Waals surface area contributed by atoms with E-state index in [1.165, 1.54) is 0 Å². The number of hydrogen-bond acceptors (Lipinski definition) is 3. The van der Waals surface area contributed by atoms with Crippen LogP contribution in [-0.2, 0) is 37.3 Å². The summed E-state index contributed by atoms with van der Waals surface area (Å²) in [7, 11) is 0. The largest absolute Gasteiger partial charge is 0.507 e. The first kappa shape index (κ1) is 32.2. The van der Waals surface area contributed by atoms with Gasteiger partial charge in [0.2, 0.25) is 0 Å². The summed E-state index contributed by atoms with van der Waals surface area (Å²) in [5, 5.41) is 11.8. The Labute approximate surface area is 383 Å². The van der Waals surface area contributed by atoms with Gasteiger partial charge in [-0.3, -0.25) is 9.55 Å². The third-order valence-corrected chi connectivity index (χ3v) is 11.0. The molecule has 0 aliphatic carbocycles. The van der Waals surface area contributed by atoms with Gasteiger partial charge in [-0.15, -0.1) is 29.3 Å². The average molecular weight is 977 g/mol. The Bertz CT molecular complexity index is 3140. The molecule has 0 aliphatic heterocycles. The average Bonchev–Trinajstić information content (AvgIpc) is 3.65. The summed E-state index contributed by atoms with van der Waals surface area (Å²) in [6.45, 7) is 4.25.